The van der Waals surface area contributed by atoms with E-state index in [-0.39, 0.29) is 18.5 Å². The molecule has 0 aliphatic rings. The summed E-state index contributed by atoms with van der Waals surface area (Å²) < 4.78 is 0. The molecule has 3 amide bonds. The number of carbonyl (C=O) groups excluding carboxylic acids is 2. The monoisotopic (exact) mass is 335 g/mol. The van der Waals surface area contributed by atoms with Crippen molar-refractivity contribution in [3.05, 3.63) is 29.8 Å². The van der Waals surface area contributed by atoms with Gasteiger partial charge >= 0.3 is 6.03 Å². The van der Waals surface area contributed by atoms with Crippen LogP contribution in [-0.2, 0) is 0 Å². The maximum Gasteiger partial charge on any atom is 0.319 e. The first-order valence-corrected chi connectivity index (χ1v) is 8.39. The summed E-state index contributed by atoms with van der Waals surface area (Å²) in [5, 5.41) is 18.3. The maximum absolute atomic E-state index is 11.9. The van der Waals surface area contributed by atoms with Crippen molar-refractivity contribution in [1.82, 2.24) is 10.6 Å². The molecule has 0 fully saturated rings. The molecule has 0 radical (unpaired) electrons. The molecule has 0 unspecified atom stereocenters. The molecule has 0 saturated heterocycles. The fourth-order valence-corrected chi connectivity index (χ4v) is 2.10. The van der Waals surface area contributed by atoms with E-state index in [4.69, 9.17) is 0 Å². The van der Waals surface area contributed by atoms with Crippen molar-refractivity contribution in [3.63, 3.8) is 0 Å². The van der Waals surface area contributed by atoms with Crippen LogP contribution in [0.4, 0.5) is 10.5 Å². The predicted octanol–water partition coefficient (Wildman–Crippen LogP) is 2.75. The highest BCUT2D eigenvalue weighted by Crippen LogP contribution is 2.15. The largest absolute Gasteiger partial charge is 0.388 e. The molecule has 0 aliphatic heterocycles. The molecule has 0 heterocycles. The topological polar surface area (TPSA) is 90.5 Å². The molecule has 0 spiro atoms. The minimum Gasteiger partial charge on any atom is -0.388 e. The Balaban J connectivity index is 2.46. The van der Waals surface area contributed by atoms with Crippen LogP contribution < -0.4 is 16.0 Å². The van der Waals surface area contributed by atoms with Gasteiger partial charge in [-0.3, -0.25) is 4.79 Å². The highest BCUT2D eigenvalue weighted by molar-refractivity contribution is 5.95. The van der Waals surface area contributed by atoms with Crippen molar-refractivity contribution in [2.75, 3.05) is 18.4 Å². The molecule has 0 bridgehead atoms. The van der Waals surface area contributed by atoms with Gasteiger partial charge in [-0.2, -0.15) is 0 Å². The number of amides is 3. The number of carbonyl (C=O) groups is 2. The first kappa shape index (κ1) is 20.0. The lowest BCUT2D eigenvalue weighted by Gasteiger charge is -2.24. The standard InChI is InChI=1S/C18H29N3O3/c1-5-19-16(22)14-6-8-15(9-7-14)21-17(23)20-12-18(4,24)11-10-13(2)3/h6-9,13,24H,5,10-12H2,1-4H3,(H,19,22)(H2,20,21,23)/t18-/m0/s1. The average Bonchev–Trinajstić information content (AvgIpc) is 2.52. The van der Waals surface area contributed by atoms with E-state index in [1.54, 1.807) is 31.2 Å². The smallest absolute Gasteiger partial charge is 0.319 e. The van der Waals surface area contributed by atoms with Crippen LogP contribution in [0.25, 0.3) is 0 Å². The Bertz CT molecular complexity index is 539. The molecule has 24 heavy (non-hydrogen) atoms. The second-order valence-corrected chi connectivity index (χ2v) is 6.67. The van der Waals surface area contributed by atoms with Crippen molar-refractivity contribution in [2.24, 2.45) is 5.92 Å². The first-order chi connectivity index (χ1) is 11.2. The zero-order valence-electron chi connectivity index (χ0n) is 15.0. The van der Waals surface area contributed by atoms with Gasteiger partial charge in [-0.1, -0.05) is 13.8 Å². The minimum absolute atomic E-state index is 0.144. The third-order valence-corrected chi connectivity index (χ3v) is 3.63. The fourth-order valence-electron chi connectivity index (χ4n) is 2.10. The van der Waals surface area contributed by atoms with Crippen LogP contribution in [0.15, 0.2) is 24.3 Å². The summed E-state index contributed by atoms with van der Waals surface area (Å²) in [6.07, 6.45) is 1.53. The highest BCUT2D eigenvalue weighted by Gasteiger charge is 2.21. The van der Waals surface area contributed by atoms with E-state index in [9.17, 15) is 14.7 Å². The van der Waals surface area contributed by atoms with Crippen molar-refractivity contribution >= 4 is 17.6 Å². The van der Waals surface area contributed by atoms with E-state index < -0.39 is 5.60 Å². The minimum atomic E-state index is -0.927. The summed E-state index contributed by atoms with van der Waals surface area (Å²) in [5.41, 5.74) is 0.200. The number of urea groups is 1. The SMILES string of the molecule is CCNC(=O)c1ccc(NC(=O)NC[C@@](C)(O)CCC(C)C)cc1. The molecule has 1 rings (SSSR count). The summed E-state index contributed by atoms with van der Waals surface area (Å²) in [7, 11) is 0. The Morgan fingerprint density at radius 1 is 1.17 bits per heavy atom. The number of benzene rings is 1. The van der Waals surface area contributed by atoms with E-state index in [1.807, 2.05) is 6.92 Å². The Morgan fingerprint density at radius 2 is 1.79 bits per heavy atom. The second-order valence-electron chi connectivity index (χ2n) is 6.67. The Hall–Kier alpha value is -2.08. The Morgan fingerprint density at radius 3 is 2.33 bits per heavy atom. The van der Waals surface area contributed by atoms with Crippen LogP contribution in [0.3, 0.4) is 0 Å². The number of aliphatic hydroxyl groups is 1. The normalized spacial score (nSPS) is 13.2. The van der Waals surface area contributed by atoms with Gasteiger partial charge in [0.05, 0.1) is 5.60 Å². The van der Waals surface area contributed by atoms with Gasteiger partial charge in [0.1, 0.15) is 0 Å². The van der Waals surface area contributed by atoms with Crippen LogP contribution in [0, 0.1) is 5.92 Å². The van der Waals surface area contributed by atoms with Gasteiger partial charge in [0, 0.05) is 24.3 Å². The molecule has 6 heteroatoms. The van der Waals surface area contributed by atoms with Gasteiger partial charge in [0.25, 0.3) is 5.91 Å². The number of anilines is 1. The zero-order valence-corrected chi connectivity index (χ0v) is 15.0. The third kappa shape index (κ3) is 7.46. The van der Waals surface area contributed by atoms with Gasteiger partial charge < -0.3 is 21.1 Å². The maximum atomic E-state index is 11.9. The van der Waals surface area contributed by atoms with Gasteiger partial charge in [0.2, 0.25) is 0 Å². The summed E-state index contributed by atoms with van der Waals surface area (Å²) in [4.78, 5) is 23.6. The van der Waals surface area contributed by atoms with E-state index in [2.05, 4.69) is 29.8 Å². The zero-order chi connectivity index (χ0) is 18.2. The lowest BCUT2D eigenvalue weighted by atomic mass is 9.95. The van der Waals surface area contributed by atoms with Gasteiger partial charge in [-0.05, 0) is 56.9 Å². The lowest BCUT2D eigenvalue weighted by Crippen LogP contribution is -2.42. The Labute approximate surface area is 144 Å². The molecule has 0 aliphatic carbocycles. The molecule has 0 aromatic heterocycles. The second kappa shape index (κ2) is 9.27. The molecule has 1 atom stereocenters. The molecule has 6 nitrogen and oxygen atoms in total. The summed E-state index contributed by atoms with van der Waals surface area (Å²) in [6, 6.07) is 6.26. The number of nitrogens with one attached hydrogen (secondary N) is 3. The van der Waals surface area contributed by atoms with Crippen molar-refractivity contribution < 1.29 is 14.7 Å². The highest BCUT2D eigenvalue weighted by atomic mass is 16.3. The van der Waals surface area contributed by atoms with E-state index in [0.717, 1.165) is 6.42 Å². The van der Waals surface area contributed by atoms with Crippen molar-refractivity contribution in [3.8, 4) is 0 Å². The van der Waals surface area contributed by atoms with Crippen molar-refractivity contribution in [2.45, 2.75) is 46.1 Å². The lowest BCUT2D eigenvalue weighted by molar-refractivity contribution is 0.0481. The molecule has 1 aromatic carbocycles. The summed E-state index contributed by atoms with van der Waals surface area (Å²) >= 11 is 0. The molecular formula is C18H29N3O3. The van der Waals surface area contributed by atoms with Crippen LogP contribution >= 0.6 is 0 Å². The molecule has 4 N–H and O–H groups in total. The first-order valence-electron chi connectivity index (χ1n) is 8.39. The van der Waals surface area contributed by atoms with Crippen LogP contribution in [0.1, 0.15) is 50.9 Å². The van der Waals surface area contributed by atoms with E-state index >= 15 is 0 Å². The quantitative estimate of drug-likeness (QED) is 0.589. The average molecular weight is 335 g/mol. The van der Waals surface area contributed by atoms with Gasteiger partial charge in [-0.25, -0.2) is 4.79 Å². The molecule has 134 valence electrons. The number of hydrogen-bond acceptors (Lipinski definition) is 3. The van der Waals surface area contributed by atoms with E-state index in [1.165, 1.54) is 0 Å². The molecular weight excluding hydrogens is 306 g/mol. The predicted molar refractivity (Wildman–Crippen MR) is 96.2 cm³/mol. The molecule has 1 aromatic rings. The summed E-state index contributed by atoms with van der Waals surface area (Å²) in [5.74, 6) is 0.364. The fraction of sp³-hybridized carbons (Fsp3) is 0.556. The van der Waals surface area contributed by atoms with Crippen LogP contribution in [-0.4, -0.2) is 35.7 Å². The number of hydrogen-bond donors (Lipinski definition) is 4. The summed E-state index contributed by atoms with van der Waals surface area (Å²) in [6.45, 7) is 8.52. The van der Waals surface area contributed by atoms with Crippen molar-refractivity contribution in [1.29, 1.82) is 0 Å². The van der Waals surface area contributed by atoms with Crippen LogP contribution in [0.5, 0.6) is 0 Å². The third-order valence-electron chi connectivity index (χ3n) is 3.63. The Kier molecular flexibility index (Phi) is 7.71. The van der Waals surface area contributed by atoms with Gasteiger partial charge in [0.15, 0.2) is 0 Å². The number of rotatable bonds is 8. The van der Waals surface area contributed by atoms with E-state index in [0.29, 0.717) is 30.1 Å². The molecule has 0 saturated carbocycles. The van der Waals surface area contributed by atoms with Gasteiger partial charge in [-0.15, -0.1) is 0 Å². The van der Waals surface area contributed by atoms with Crippen LogP contribution in [0.2, 0.25) is 0 Å².